The van der Waals surface area contributed by atoms with E-state index in [2.05, 4.69) is 12.1 Å². The third kappa shape index (κ3) is 3.84. The molecule has 29 heavy (non-hydrogen) atoms. The molecule has 4 rings (SSSR count). The maximum atomic E-state index is 13.4. The molecule has 0 bridgehead atoms. The average molecular weight is 404 g/mol. The molecule has 6 heteroatoms. The van der Waals surface area contributed by atoms with E-state index in [1.807, 2.05) is 48.5 Å². The molecule has 0 spiro atoms. The van der Waals surface area contributed by atoms with Crippen molar-refractivity contribution in [2.24, 2.45) is 0 Å². The molecule has 1 aromatic heterocycles. The van der Waals surface area contributed by atoms with Crippen LogP contribution in [-0.4, -0.2) is 23.8 Å². The highest BCUT2D eigenvalue weighted by Gasteiger charge is 2.17. The van der Waals surface area contributed by atoms with Crippen LogP contribution >= 0.6 is 11.8 Å². The first kappa shape index (κ1) is 19.1. The summed E-state index contributed by atoms with van der Waals surface area (Å²) in [7, 11) is 3.17. The van der Waals surface area contributed by atoms with Crippen LogP contribution in [0.2, 0.25) is 0 Å². The lowest BCUT2D eigenvalue weighted by Crippen LogP contribution is -2.22. The highest BCUT2D eigenvalue weighted by Crippen LogP contribution is 2.31. The highest BCUT2D eigenvalue weighted by molar-refractivity contribution is 7.98. The van der Waals surface area contributed by atoms with Gasteiger partial charge in [0.25, 0.3) is 5.56 Å². The molecule has 0 atom stereocenters. The van der Waals surface area contributed by atoms with E-state index in [0.717, 1.165) is 5.56 Å². The van der Waals surface area contributed by atoms with Gasteiger partial charge < -0.3 is 9.47 Å². The minimum Gasteiger partial charge on any atom is -0.497 e. The van der Waals surface area contributed by atoms with Crippen LogP contribution in [0.4, 0.5) is 0 Å². The summed E-state index contributed by atoms with van der Waals surface area (Å²) in [4.78, 5) is 18.2. The van der Waals surface area contributed by atoms with Gasteiger partial charge in [-0.15, -0.1) is 0 Å². The molecule has 0 radical (unpaired) electrons. The summed E-state index contributed by atoms with van der Waals surface area (Å²) in [5.41, 5.74) is 2.34. The van der Waals surface area contributed by atoms with Crippen molar-refractivity contribution in [2.45, 2.75) is 10.9 Å². The van der Waals surface area contributed by atoms with Gasteiger partial charge in [-0.25, -0.2) is 4.98 Å². The van der Waals surface area contributed by atoms with Gasteiger partial charge in [0.1, 0.15) is 11.5 Å². The molecule has 3 aromatic carbocycles. The van der Waals surface area contributed by atoms with Gasteiger partial charge in [-0.05, 0) is 29.8 Å². The summed E-state index contributed by atoms with van der Waals surface area (Å²) in [5.74, 6) is 1.90. The predicted molar refractivity (Wildman–Crippen MR) is 116 cm³/mol. The molecule has 4 aromatic rings. The Labute approximate surface area is 172 Å². The SMILES string of the molecule is COc1ccc(-n2c(SCc3ccccc3)nc3ccccc3c2=O)c(OC)c1. The number of benzene rings is 3. The first-order valence-corrected chi connectivity index (χ1v) is 10.1. The summed E-state index contributed by atoms with van der Waals surface area (Å²) in [6, 6.07) is 22.9. The van der Waals surface area contributed by atoms with Crippen molar-refractivity contribution in [2.75, 3.05) is 14.2 Å². The van der Waals surface area contributed by atoms with Crippen molar-refractivity contribution in [1.29, 1.82) is 0 Å². The van der Waals surface area contributed by atoms with E-state index in [1.54, 1.807) is 30.9 Å². The van der Waals surface area contributed by atoms with Crippen LogP contribution in [0.25, 0.3) is 16.6 Å². The normalized spacial score (nSPS) is 10.8. The molecule has 0 saturated carbocycles. The third-order valence-electron chi connectivity index (χ3n) is 4.58. The number of aromatic nitrogens is 2. The number of thioether (sulfide) groups is 1. The predicted octanol–water partition coefficient (Wildman–Crippen LogP) is 4.70. The van der Waals surface area contributed by atoms with Crippen LogP contribution in [0.5, 0.6) is 11.5 Å². The van der Waals surface area contributed by atoms with Crippen LogP contribution in [-0.2, 0) is 5.75 Å². The summed E-state index contributed by atoms with van der Waals surface area (Å²) in [6.07, 6.45) is 0. The summed E-state index contributed by atoms with van der Waals surface area (Å²) in [6.45, 7) is 0. The fourth-order valence-corrected chi connectivity index (χ4v) is 4.07. The first-order valence-electron chi connectivity index (χ1n) is 9.12. The van der Waals surface area contributed by atoms with Crippen LogP contribution in [0.15, 0.2) is 82.7 Å². The Bertz CT molecular complexity index is 1210. The molecule has 0 N–H and O–H groups in total. The van der Waals surface area contributed by atoms with Gasteiger partial charge in [0.15, 0.2) is 5.16 Å². The molecule has 0 aliphatic heterocycles. The number of hydrogen-bond donors (Lipinski definition) is 0. The largest absolute Gasteiger partial charge is 0.497 e. The van der Waals surface area contributed by atoms with Gasteiger partial charge in [-0.3, -0.25) is 9.36 Å². The monoisotopic (exact) mass is 404 g/mol. The van der Waals surface area contributed by atoms with E-state index >= 15 is 0 Å². The highest BCUT2D eigenvalue weighted by atomic mass is 32.2. The lowest BCUT2D eigenvalue weighted by Gasteiger charge is -2.16. The number of rotatable bonds is 6. The molecular formula is C23H20N2O3S. The van der Waals surface area contributed by atoms with E-state index in [-0.39, 0.29) is 5.56 Å². The Kier molecular flexibility index (Phi) is 5.53. The zero-order valence-electron chi connectivity index (χ0n) is 16.2. The summed E-state index contributed by atoms with van der Waals surface area (Å²) < 4.78 is 12.5. The van der Waals surface area contributed by atoms with Crippen LogP contribution in [0, 0.1) is 0 Å². The quantitative estimate of drug-likeness (QED) is 0.345. The number of para-hydroxylation sites is 1. The minimum atomic E-state index is -0.130. The van der Waals surface area contributed by atoms with E-state index < -0.39 is 0 Å². The van der Waals surface area contributed by atoms with Crippen molar-refractivity contribution >= 4 is 22.7 Å². The Balaban J connectivity index is 1.89. The van der Waals surface area contributed by atoms with Gasteiger partial charge >= 0.3 is 0 Å². The number of fused-ring (bicyclic) bond motifs is 1. The smallest absolute Gasteiger partial charge is 0.266 e. The van der Waals surface area contributed by atoms with Gasteiger partial charge in [-0.2, -0.15) is 0 Å². The second-order valence-corrected chi connectivity index (χ2v) is 7.31. The van der Waals surface area contributed by atoms with E-state index in [0.29, 0.717) is 39.0 Å². The zero-order chi connectivity index (χ0) is 20.2. The molecule has 0 aliphatic rings. The number of methoxy groups -OCH3 is 2. The summed E-state index contributed by atoms with van der Waals surface area (Å²) >= 11 is 1.52. The second-order valence-electron chi connectivity index (χ2n) is 6.36. The topological polar surface area (TPSA) is 53.4 Å². The van der Waals surface area contributed by atoms with Crippen molar-refractivity contribution in [3.63, 3.8) is 0 Å². The minimum absolute atomic E-state index is 0.130. The number of nitrogens with zero attached hydrogens (tertiary/aromatic N) is 2. The lowest BCUT2D eigenvalue weighted by molar-refractivity contribution is 0.392. The first-order chi connectivity index (χ1) is 14.2. The number of ether oxygens (including phenoxy) is 2. The van der Waals surface area contributed by atoms with E-state index in [1.165, 1.54) is 11.8 Å². The second kappa shape index (κ2) is 8.41. The number of hydrogen-bond acceptors (Lipinski definition) is 5. The summed E-state index contributed by atoms with van der Waals surface area (Å²) in [5, 5.41) is 1.18. The van der Waals surface area contributed by atoms with Gasteiger partial charge in [0, 0.05) is 11.8 Å². The molecule has 0 unspecified atom stereocenters. The molecule has 146 valence electrons. The van der Waals surface area contributed by atoms with E-state index in [4.69, 9.17) is 14.5 Å². The lowest BCUT2D eigenvalue weighted by atomic mass is 10.2. The third-order valence-corrected chi connectivity index (χ3v) is 5.59. The molecular weight excluding hydrogens is 384 g/mol. The maximum Gasteiger partial charge on any atom is 0.266 e. The zero-order valence-corrected chi connectivity index (χ0v) is 17.0. The van der Waals surface area contributed by atoms with Crippen LogP contribution in [0.3, 0.4) is 0 Å². The van der Waals surface area contributed by atoms with Gasteiger partial charge in [0.2, 0.25) is 0 Å². The Morgan fingerprint density at radius 1 is 0.931 bits per heavy atom. The van der Waals surface area contributed by atoms with Gasteiger partial charge in [-0.1, -0.05) is 54.2 Å². The van der Waals surface area contributed by atoms with Crippen molar-refractivity contribution in [3.8, 4) is 17.2 Å². The Hall–Kier alpha value is -3.25. The Morgan fingerprint density at radius 3 is 2.45 bits per heavy atom. The average Bonchev–Trinajstić information content (AvgIpc) is 2.78. The standard InChI is InChI=1S/C23H20N2O3S/c1-27-17-12-13-20(21(14-17)28-2)25-22(26)18-10-6-7-11-19(18)24-23(25)29-15-16-8-4-3-5-9-16/h3-14H,15H2,1-2H3. The Morgan fingerprint density at radius 2 is 1.69 bits per heavy atom. The van der Waals surface area contributed by atoms with E-state index in [9.17, 15) is 4.79 Å². The molecule has 5 nitrogen and oxygen atoms in total. The van der Waals surface area contributed by atoms with Crippen molar-refractivity contribution in [3.05, 3.63) is 88.7 Å². The van der Waals surface area contributed by atoms with Crippen LogP contribution in [0.1, 0.15) is 5.56 Å². The van der Waals surface area contributed by atoms with Crippen molar-refractivity contribution in [1.82, 2.24) is 9.55 Å². The fourth-order valence-electron chi connectivity index (χ4n) is 3.11. The van der Waals surface area contributed by atoms with Crippen molar-refractivity contribution < 1.29 is 9.47 Å². The molecule has 0 fully saturated rings. The van der Waals surface area contributed by atoms with Gasteiger partial charge in [0.05, 0.1) is 30.8 Å². The maximum absolute atomic E-state index is 13.4. The molecule has 1 heterocycles. The fraction of sp³-hybridized carbons (Fsp3) is 0.130. The molecule has 0 aliphatic carbocycles. The van der Waals surface area contributed by atoms with Crippen LogP contribution < -0.4 is 15.0 Å². The molecule has 0 amide bonds. The molecule has 0 saturated heterocycles.